The standard InChI is InChI=1S/C16H19F2N3O2/c1-3-7-21-10-12(16(20-21)23-8-4-2)15(22)19-14-9-11(17)5-6-13(14)18/h5-6,9-10H,3-4,7-8H2,1-2H3,(H,19,22). The number of rotatable bonds is 7. The quantitative estimate of drug-likeness (QED) is 0.847. The Balaban J connectivity index is 2.24. The molecule has 0 radical (unpaired) electrons. The maximum atomic E-state index is 13.6. The summed E-state index contributed by atoms with van der Waals surface area (Å²) in [4.78, 5) is 12.3. The summed E-state index contributed by atoms with van der Waals surface area (Å²) in [6.45, 7) is 4.96. The maximum absolute atomic E-state index is 13.6. The number of ether oxygens (including phenoxy) is 1. The van der Waals surface area contributed by atoms with Crippen molar-refractivity contribution in [1.82, 2.24) is 9.78 Å². The smallest absolute Gasteiger partial charge is 0.262 e. The van der Waals surface area contributed by atoms with Gasteiger partial charge in [0.25, 0.3) is 5.91 Å². The summed E-state index contributed by atoms with van der Waals surface area (Å²) in [5.74, 6) is -1.75. The summed E-state index contributed by atoms with van der Waals surface area (Å²) in [6.07, 6.45) is 3.15. The first-order valence-corrected chi connectivity index (χ1v) is 7.51. The van der Waals surface area contributed by atoms with Gasteiger partial charge in [-0.15, -0.1) is 5.10 Å². The highest BCUT2D eigenvalue weighted by atomic mass is 19.1. The molecule has 2 aromatic rings. The number of benzene rings is 1. The third-order valence-electron chi connectivity index (χ3n) is 3.04. The molecule has 0 saturated carbocycles. The molecule has 1 aromatic heterocycles. The fraction of sp³-hybridized carbons (Fsp3) is 0.375. The van der Waals surface area contributed by atoms with Crippen molar-refractivity contribution in [1.29, 1.82) is 0 Å². The number of aromatic nitrogens is 2. The van der Waals surface area contributed by atoms with Gasteiger partial charge in [0.15, 0.2) is 0 Å². The molecule has 0 unspecified atom stereocenters. The zero-order valence-electron chi connectivity index (χ0n) is 13.1. The molecule has 1 aromatic carbocycles. The number of carbonyl (C=O) groups excluding carboxylic acids is 1. The highest BCUT2D eigenvalue weighted by Crippen LogP contribution is 2.21. The van der Waals surface area contributed by atoms with Gasteiger partial charge in [0, 0.05) is 18.8 Å². The summed E-state index contributed by atoms with van der Waals surface area (Å²) in [6, 6.07) is 2.87. The van der Waals surface area contributed by atoms with E-state index in [1.165, 1.54) is 0 Å². The van der Waals surface area contributed by atoms with E-state index in [1.807, 2.05) is 13.8 Å². The molecule has 0 atom stereocenters. The van der Waals surface area contributed by atoms with Gasteiger partial charge in [-0.2, -0.15) is 0 Å². The van der Waals surface area contributed by atoms with Gasteiger partial charge < -0.3 is 10.1 Å². The Hall–Kier alpha value is -2.44. The molecule has 1 amide bonds. The van der Waals surface area contributed by atoms with E-state index in [2.05, 4.69) is 10.4 Å². The second kappa shape index (κ2) is 7.71. The van der Waals surface area contributed by atoms with Crippen molar-refractivity contribution in [3.05, 3.63) is 41.6 Å². The van der Waals surface area contributed by atoms with Crippen LogP contribution < -0.4 is 10.1 Å². The molecule has 1 N–H and O–H groups in total. The SMILES string of the molecule is CCCOc1nn(CCC)cc1C(=O)Nc1cc(F)ccc1F. The minimum atomic E-state index is -0.711. The van der Waals surface area contributed by atoms with Gasteiger partial charge in [-0.25, -0.2) is 8.78 Å². The van der Waals surface area contributed by atoms with Crippen molar-refractivity contribution in [2.24, 2.45) is 0 Å². The normalized spacial score (nSPS) is 10.6. The van der Waals surface area contributed by atoms with Crippen molar-refractivity contribution in [3.63, 3.8) is 0 Å². The number of nitrogens with one attached hydrogen (secondary N) is 1. The van der Waals surface area contributed by atoms with Crippen molar-refractivity contribution in [2.45, 2.75) is 33.2 Å². The van der Waals surface area contributed by atoms with Crippen LogP contribution in [0.15, 0.2) is 24.4 Å². The Bertz CT molecular complexity index is 686. The van der Waals surface area contributed by atoms with Crippen LogP contribution >= 0.6 is 0 Å². The molecule has 0 spiro atoms. The van der Waals surface area contributed by atoms with Crippen LogP contribution in [0, 0.1) is 11.6 Å². The minimum Gasteiger partial charge on any atom is -0.476 e. The number of nitrogens with zero attached hydrogens (tertiary/aromatic N) is 2. The van der Waals surface area contributed by atoms with Crippen LogP contribution in [-0.4, -0.2) is 22.3 Å². The number of halogens is 2. The number of anilines is 1. The van der Waals surface area contributed by atoms with Gasteiger partial charge in [-0.1, -0.05) is 13.8 Å². The molecule has 0 aliphatic carbocycles. The Morgan fingerprint density at radius 2 is 2.09 bits per heavy atom. The van der Waals surface area contributed by atoms with Crippen LogP contribution in [0.3, 0.4) is 0 Å². The first-order chi connectivity index (χ1) is 11.0. The molecule has 0 fully saturated rings. The topological polar surface area (TPSA) is 56.2 Å². The van der Waals surface area contributed by atoms with E-state index in [1.54, 1.807) is 10.9 Å². The second-order valence-electron chi connectivity index (χ2n) is 5.04. The third-order valence-corrected chi connectivity index (χ3v) is 3.04. The summed E-state index contributed by atoms with van der Waals surface area (Å²) in [7, 11) is 0. The lowest BCUT2D eigenvalue weighted by molar-refractivity contribution is 0.102. The Morgan fingerprint density at radius 1 is 1.30 bits per heavy atom. The average molecular weight is 323 g/mol. The highest BCUT2D eigenvalue weighted by Gasteiger charge is 2.19. The molecule has 5 nitrogen and oxygen atoms in total. The zero-order valence-corrected chi connectivity index (χ0v) is 13.1. The second-order valence-corrected chi connectivity index (χ2v) is 5.04. The lowest BCUT2D eigenvalue weighted by Gasteiger charge is -2.07. The third kappa shape index (κ3) is 4.28. The van der Waals surface area contributed by atoms with Gasteiger partial charge in [-0.05, 0) is 25.0 Å². The van der Waals surface area contributed by atoms with Crippen molar-refractivity contribution in [3.8, 4) is 5.88 Å². The molecule has 23 heavy (non-hydrogen) atoms. The molecule has 1 heterocycles. The Morgan fingerprint density at radius 3 is 2.78 bits per heavy atom. The fourth-order valence-electron chi connectivity index (χ4n) is 1.99. The van der Waals surface area contributed by atoms with Gasteiger partial charge in [-0.3, -0.25) is 9.48 Å². The van der Waals surface area contributed by atoms with Gasteiger partial charge in [0.05, 0.1) is 12.3 Å². The lowest BCUT2D eigenvalue weighted by Crippen LogP contribution is -2.14. The summed E-state index contributed by atoms with van der Waals surface area (Å²) < 4.78 is 33.9. The van der Waals surface area contributed by atoms with Crippen LogP contribution in [0.5, 0.6) is 5.88 Å². The molecular formula is C16H19F2N3O2. The van der Waals surface area contributed by atoms with Gasteiger partial charge in [0.1, 0.15) is 17.2 Å². The van der Waals surface area contributed by atoms with Crippen molar-refractivity contribution >= 4 is 11.6 Å². The molecule has 0 saturated heterocycles. The predicted molar refractivity (Wildman–Crippen MR) is 82.6 cm³/mol. The molecule has 0 aliphatic rings. The molecule has 7 heteroatoms. The van der Waals surface area contributed by atoms with Gasteiger partial charge in [0.2, 0.25) is 5.88 Å². The van der Waals surface area contributed by atoms with Crippen LogP contribution in [0.25, 0.3) is 0 Å². The number of carbonyl (C=O) groups is 1. The summed E-state index contributed by atoms with van der Waals surface area (Å²) in [5.41, 5.74) is -0.0322. The van der Waals surface area contributed by atoms with Crippen molar-refractivity contribution in [2.75, 3.05) is 11.9 Å². The summed E-state index contributed by atoms with van der Waals surface area (Å²) >= 11 is 0. The first kappa shape index (κ1) is 16.9. The fourth-order valence-corrected chi connectivity index (χ4v) is 1.99. The molecule has 124 valence electrons. The molecular weight excluding hydrogens is 304 g/mol. The predicted octanol–water partition coefficient (Wildman–Crippen LogP) is 3.61. The first-order valence-electron chi connectivity index (χ1n) is 7.51. The zero-order chi connectivity index (χ0) is 16.8. The Labute approximate surface area is 133 Å². The van der Waals surface area contributed by atoms with Crippen LogP contribution in [0.4, 0.5) is 14.5 Å². The summed E-state index contributed by atoms with van der Waals surface area (Å²) in [5, 5.41) is 6.56. The largest absolute Gasteiger partial charge is 0.476 e. The van der Waals surface area contributed by atoms with E-state index in [-0.39, 0.29) is 17.1 Å². The molecule has 0 bridgehead atoms. The van der Waals surface area contributed by atoms with E-state index in [0.29, 0.717) is 13.2 Å². The molecule has 0 aliphatic heterocycles. The number of aryl methyl sites for hydroxylation is 1. The van der Waals surface area contributed by atoms with E-state index >= 15 is 0 Å². The Kier molecular flexibility index (Phi) is 5.67. The van der Waals surface area contributed by atoms with Crippen LogP contribution in [0.1, 0.15) is 37.0 Å². The monoisotopic (exact) mass is 323 g/mol. The molecule has 2 rings (SSSR count). The lowest BCUT2D eigenvalue weighted by atomic mass is 10.2. The average Bonchev–Trinajstić information content (AvgIpc) is 2.92. The number of amides is 1. The highest BCUT2D eigenvalue weighted by molar-refractivity contribution is 6.05. The van der Waals surface area contributed by atoms with Crippen LogP contribution in [-0.2, 0) is 6.54 Å². The maximum Gasteiger partial charge on any atom is 0.262 e. The van der Waals surface area contributed by atoms with E-state index in [0.717, 1.165) is 31.0 Å². The number of hydrogen-bond donors (Lipinski definition) is 1. The van der Waals surface area contributed by atoms with Crippen molar-refractivity contribution < 1.29 is 18.3 Å². The minimum absolute atomic E-state index is 0.189. The number of hydrogen-bond acceptors (Lipinski definition) is 3. The van der Waals surface area contributed by atoms with Crippen LogP contribution in [0.2, 0.25) is 0 Å². The van der Waals surface area contributed by atoms with E-state index < -0.39 is 17.5 Å². The van der Waals surface area contributed by atoms with E-state index in [4.69, 9.17) is 4.74 Å². The van der Waals surface area contributed by atoms with E-state index in [9.17, 15) is 13.6 Å². The van der Waals surface area contributed by atoms with Gasteiger partial charge >= 0.3 is 0 Å².